The highest BCUT2D eigenvalue weighted by atomic mass is 16.5. The largest absolute Gasteiger partial charge is 0.478 e. The second-order valence-corrected chi connectivity index (χ2v) is 5.15. The van der Waals surface area contributed by atoms with Gasteiger partial charge in [0.15, 0.2) is 0 Å². The van der Waals surface area contributed by atoms with Crippen LogP contribution in [0.3, 0.4) is 0 Å². The summed E-state index contributed by atoms with van der Waals surface area (Å²) >= 11 is 0. The fourth-order valence-corrected chi connectivity index (χ4v) is 1.51. The molecule has 20 heavy (non-hydrogen) atoms. The van der Waals surface area contributed by atoms with Crippen LogP contribution in [0, 0.1) is 5.92 Å². The molecule has 1 aromatic heterocycles. The summed E-state index contributed by atoms with van der Waals surface area (Å²) in [6.07, 6.45) is 2.16. The Hall–Kier alpha value is -1.62. The Labute approximate surface area is 120 Å². The number of hydrogen-bond donors (Lipinski definition) is 2. The van der Waals surface area contributed by atoms with Crippen LogP contribution in [0.2, 0.25) is 0 Å². The average molecular weight is 280 g/mol. The predicted octanol–water partition coefficient (Wildman–Crippen LogP) is 1.89. The van der Waals surface area contributed by atoms with Crippen LogP contribution in [-0.4, -0.2) is 28.7 Å². The van der Waals surface area contributed by atoms with Crippen molar-refractivity contribution in [1.82, 2.24) is 10.3 Å². The fraction of sp³-hybridized carbons (Fsp3) is 0.600. The van der Waals surface area contributed by atoms with E-state index in [0.717, 1.165) is 12.0 Å². The minimum Gasteiger partial charge on any atom is -0.478 e. The summed E-state index contributed by atoms with van der Waals surface area (Å²) in [5, 5.41) is 12.4. The van der Waals surface area contributed by atoms with Crippen molar-refractivity contribution >= 4 is 5.91 Å². The third kappa shape index (κ3) is 6.02. The van der Waals surface area contributed by atoms with Gasteiger partial charge in [-0.25, -0.2) is 4.98 Å². The summed E-state index contributed by atoms with van der Waals surface area (Å²) in [4.78, 5) is 15.8. The summed E-state index contributed by atoms with van der Waals surface area (Å²) in [6, 6.07) is 3.66. The van der Waals surface area contributed by atoms with Crippen molar-refractivity contribution in [2.45, 2.75) is 46.3 Å². The Morgan fingerprint density at radius 2 is 2.20 bits per heavy atom. The fourth-order valence-electron chi connectivity index (χ4n) is 1.51. The predicted molar refractivity (Wildman–Crippen MR) is 77.3 cm³/mol. The molecule has 0 bridgehead atoms. The number of pyridine rings is 1. The lowest BCUT2D eigenvalue weighted by Crippen LogP contribution is -2.29. The molecule has 5 nitrogen and oxygen atoms in total. The highest BCUT2D eigenvalue weighted by molar-refractivity contribution is 5.76. The van der Waals surface area contributed by atoms with Crippen molar-refractivity contribution in [3.63, 3.8) is 0 Å². The van der Waals surface area contributed by atoms with Crippen molar-refractivity contribution in [3.8, 4) is 5.88 Å². The molecular weight excluding hydrogens is 256 g/mol. The topological polar surface area (TPSA) is 71.5 Å². The van der Waals surface area contributed by atoms with Crippen molar-refractivity contribution < 1.29 is 14.6 Å². The lowest BCUT2D eigenvalue weighted by Gasteiger charge is -2.14. The molecule has 1 unspecified atom stereocenters. The maximum atomic E-state index is 11.6. The van der Waals surface area contributed by atoms with Crippen molar-refractivity contribution in [2.75, 3.05) is 6.61 Å². The molecule has 0 saturated carbocycles. The van der Waals surface area contributed by atoms with Gasteiger partial charge in [-0.2, -0.15) is 0 Å². The number of rotatable bonds is 8. The van der Waals surface area contributed by atoms with Gasteiger partial charge in [0, 0.05) is 18.8 Å². The Morgan fingerprint density at radius 1 is 1.45 bits per heavy atom. The number of nitrogens with one attached hydrogen (secondary N) is 1. The molecule has 0 radical (unpaired) electrons. The van der Waals surface area contributed by atoms with E-state index >= 15 is 0 Å². The Balaban J connectivity index is 2.36. The first kappa shape index (κ1) is 16.4. The summed E-state index contributed by atoms with van der Waals surface area (Å²) in [7, 11) is 0. The summed E-state index contributed by atoms with van der Waals surface area (Å²) in [5.74, 6) is 0.520. The monoisotopic (exact) mass is 280 g/mol. The zero-order chi connectivity index (χ0) is 15.0. The van der Waals surface area contributed by atoms with Gasteiger partial charge in [-0.3, -0.25) is 4.79 Å². The van der Waals surface area contributed by atoms with Crippen LogP contribution in [0.4, 0.5) is 0 Å². The maximum Gasteiger partial charge on any atom is 0.222 e. The quantitative estimate of drug-likeness (QED) is 0.763. The molecule has 1 heterocycles. The lowest BCUT2D eigenvalue weighted by atomic mass is 10.0. The molecule has 0 spiro atoms. The second-order valence-electron chi connectivity index (χ2n) is 5.15. The van der Waals surface area contributed by atoms with Gasteiger partial charge >= 0.3 is 0 Å². The van der Waals surface area contributed by atoms with Gasteiger partial charge in [0.1, 0.15) is 0 Å². The molecule has 0 saturated heterocycles. The highest BCUT2D eigenvalue weighted by Crippen LogP contribution is 2.08. The number of aromatic nitrogens is 1. The normalized spacial score (nSPS) is 12.2. The van der Waals surface area contributed by atoms with Gasteiger partial charge in [-0.15, -0.1) is 0 Å². The second kappa shape index (κ2) is 8.53. The van der Waals surface area contributed by atoms with Crippen LogP contribution >= 0.6 is 0 Å². The van der Waals surface area contributed by atoms with E-state index in [0.29, 0.717) is 19.0 Å². The van der Waals surface area contributed by atoms with Crippen LogP contribution < -0.4 is 10.1 Å². The highest BCUT2D eigenvalue weighted by Gasteiger charge is 2.13. The number of nitrogens with zero attached hydrogens (tertiary/aromatic N) is 1. The molecule has 1 atom stereocenters. The van der Waals surface area contributed by atoms with Crippen molar-refractivity contribution in [2.24, 2.45) is 5.92 Å². The van der Waals surface area contributed by atoms with Gasteiger partial charge in [-0.1, -0.05) is 26.8 Å². The van der Waals surface area contributed by atoms with E-state index < -0.39 is 6.10 Å². The maximum absolute atomic E-state index is 11.6. The first-order chi connectivity index (χ1) is 9.52. The minimum atomic E-state index is -0.599. The van der Waals surface area contributed by atoms with Crippen LogP contribution in [0.1, 0.15) is 39.2 Å². The zero-order valence-electron chi connectivity index (χ0n) is 12.4. The number of aliphatic hydroxyl groups excluding tert-OH is 1. The standard InChI is InChI=1S/C15H24N2O3/c1-4-7-20-15-6-5-12(10-17-15)9-16-14(19)8-13(18)11(2)3/h5-6,10-11,13,18H,4,7-9H2,1-3H3,(H,16,19). The average Bonchev–Trinajstić information content (AvgIpc) is 2.43. The van der Waals surface area contributed by atoms with Gasteiger partial charge < -0.3 is 15.2 Å². The molecule has 0 aliphatic heterocycles. The van der Waals surface area contributed by atoms with E-state index in [-0.39, 0.29) is 18.2 Å². The Morgan fingerprint density at radius 3 is 2.75 bits per heavy atom. The first-order valence-corrected chi connectivity index (χ1v) is 7.05. The number of ether oxygens (including phenoxy) is 1. The van der Waals surface area contributed by atoms with Crippen molar-refractivity contribution in [1.29, 1.82) is 0 Å². The molecule has 1 rings (SSSR count). The molecule has 1 amide bonds. The Bertz CT molecular complexity index is 404. The van der Waals surface area contributed by atoms with E-state index in [4.69, 9.17) is 4.74 Å². The number of carbonyl (C=O) groups is 1. The van der Waals surface area contributed by atoms with Gasteiger partial charge in [0.2, 0.25) is 11.8 Å². The van der Waals surface area contributed by atoms with Crippen LogP contribution in [0.25, 0.3) is 0 Å². The van der Waals surface area contributed by atoms with Gasteiger partial charge in [0.25, 0.3) is 0 Å². The molecule has 1 aromatic rings. The zero-order valence-corrected chi connectivity index (χ0v) is 12.4. The molecular formula is C15H24N2O3. The van der Waals surface area contributed by atoms with E-state index in [1.807, 2.05) is 26.8 Å². The minimum absolute atomic E-state index is 0.0809. The smallest absolute Gasteiger partial charge is 0.222 e. The molecule has 112 valence electrons. The summed E-state index contributed by atoms with van der Waals surface area (Å²) < 4.78 is 5.38. The van der Waals surface area contributed by atoms with E-state index in [2.05, 4.69) is 10.3 Å². The van der Waals surface area contributed by atoms with Crippen LogP contribution in [0.5, 0.6) is 5.88 Å². The third-order valence-corrected chi connectivity index (χ3v) is 2.91. The van der Waals surface area contributed by atoms with Crippen LogP contribution in [-0.2, 0) is 11.3 Å². The molecule has 0 aliphatic carbocycles. The molecule has 0 aliphatic rings. The molecule has 0 fully saturated rings. The number of amides is 1. The Kier molecular flexibility index (Phi) is 7.01. The first-order valence-electron chi connectivity index (χ1n) is 7.05. The van der Waals surface area contributed by atoms with Crippen molar-refractivity contribution in [3.05, 3.63) is 23.9 Å². The number of hydrogen-bond acceptors (Lipinski definition) is 4. The molecule has 5 heteroatoms. The van der Waals surface area contributed by atoms with Gasteiger partial charge in [-0.05, 0) is 17.9 Å². The molecule has 2 N–H and O–H groups in total. The number of carbonyl (C=O) groups excluding carboxylic acids is 1. The SMILES string of the molecule is CCCOc1ccc(CNC(=O)CC(O)C(C)C)cn1. The van der Waals surface area contributed by atoms with Gasteiger partial charge in [0.05, 0.1) is 19.1 Å². The van der Waals surface area contributed by atoms with E-state index in [1.165, 1.54) is 0 Å². The lowest BCUT2D eigenvalue weighted by molar-refractivity contribution is -0.123. The van der Waals surface area contributed by atoms with E-state index in [1.54, 1.807) is 12.3 Å². The summed E-state index contributed by atoms with van der Waals surface area (Å²) in [6.45, 7) is 6.87. The number of aliphatic hydroxyl groups is 1. The third-order valence-electron chi connectivity index (χ3n) is 2.91. The molecule has 0 aromatic carbocycles. The van der Waals surface area contributed by atoms with E-state index in [9.17, 15) is 9.90 Å². The van der Waals surface area contributed by atoms with Crippen LogP contribution in [0.15, 0.2) is 18.3 Å². The summed E-state index contributed by atoms with van der Waals surface area (Å²) in [5.41, 5.74) is 0.904.